The summed E-state index contributed by atoms with van der Waals surface area (Å²) in [5.41, 5.74) is 7.01. The molecule has 0 aromatic heterocycles. The zero-order valence-corrected chi connectivity index (χ0v) is 13.3. The van der Waals surface area contributed by atoms with Crippen LogP contribution in [0.3, 0.4) is 0 Å². The smallest absolute Gasteiger partial charge is 0.241 e. The van der Waals surface area contributed by atoms with Gasteiger partial charge in [-0.1, -0.05) is 30.3 Å². The fourth-order valence-corrected chi connectivity index (χ4v) is 3.31. The Morgan fingerprint density at radius 1 is 1.15 bits per heavy atom. The van der Waals surface area contributed by atoms with E-state index >= 15 is 0 Å². The van der Waals surface area contributed by atoms with Gasteiger partial charge in [-0.25, -0.2) is 13.1 Å². The van der Waals surface area contributed by atoms with Crippen LogP contribution >= 0.6 is 15.9 Å². The minimum absolute atomic E-state index is 0.154. The summed E-state index contributed by atoms with van der Waals surface area (Å²) in [5, 5.41) is 0. The van der Waals surface area contributed by atoms with E-state index in [0.29, 0.717) is 10.2 Å². The molecule has 6 heteroatoms. The Morgan fingerprint density at radius 3 is 2.40 bits per heavy atom. The highest BCUT2D eigenvalue weighted by atomic mass is 79.9. The van der Waals surface area contributed by atoms with Crippen molar-refractivity contribution < 1.29 is 8.42 Å². The number of benzene rings is 2. The molecule has 2 rings (SSSR count). The maximum absolute atomic E-state index is 12.3. The van der Waals surface area contributed by atoms with Crippen molar-refractivity contribution in [1.29, 1.82) is 0 Å². The molecule has 0 fully saturated rings. The predicted octanol–water partition coefficient (Wildman–Crippen LogP) is 3.07. The molecule has 0 saturated heterocycles. The van der Waals surface area contributed by atoms with Crippen LogP contribution in [0.2, 0.25) is 0 Å². The standard InChI is InChI=1S/C14H15BrN2O2S/c1-10(11-5-3-2-4-6-11)17-20(18,19)12-7-8-13(15)14(16)9-12/h2-10,17H,16H2,1H3/t10-/m1/s1. The second kappa shape index (κ2) is 5.95. The van der Waals surface area contributed by atoms with Gasteiger partial charge in [0, 0.05) is 16.2 Å². The van der Waals surface area contributed by atoms with Crippen LogP contribution in [0.1, 0.15) is 18.5 Å². The lowest BCUT2D eigenvalue weighted by atomic mass is 10.1. The summed E-state index contributed by atoms with van der Waals surface area (Å²) in [7, 11) is -3.60. The summed E-state index contributed by atoms with van der Waals surface area (Å²) in [5.74, 6) is 0. The van der Waals surface area contributed by atoms with E-state index in [1.807, 2.05) is 30.3 Å². The van der Waals surface area contributed by atoms with Crippen molar-refractivity contribution in [3.8, 4) is 0 Å². The molecule has 0 spiro atoms. The molecule has 2 aromatic carbocycles. The number of nitrogens with two attached hydrogens (primary N) is 1. The first-order chi connectivity index (χ1) is 9.40. The summed E-state index contributed by atoms with van der Waals surface area (Å²) in [6.07, 6.45) is 0. The van der Waals surface area contributed by atoms with Crippen LogP contribution in [-0.4, -0.2) is 8.42 Å². The third-order valence-corrected chi connectivity index (χ3v) is 5.17. The minimum atomic E-state index is -3.60. The maximum Gasteiger partial charge on any atom is 0.241 e. The Morgan fingerprint density at radius 2 is 1.80 bits per heavy atom. The number of halogens is 1. The average Bonchev–Trinajstić information content (AvgIpc) is 2.42. The topological polar surface area (TPSA) is 72.2 Å². The first-order valence-electron chi connectivity index (χ1n) is 6.02. The molecule has 0 aliphatic rings. The van der Waals surface area contributed by atoms with Crippen molar-refractivity contribution >= 4 is 31.6 Å². The Kier molecular flexibility index (Phi) is 4.47. The predicted molar refractivity (Wildman–Crippen MR) is 83.7 cm³/mol. The third kappa shape index (κ3) is 3.39. The maximum atomic E-state index is 12.3. The summed E-state index contributed by atoms with van der Waals surface area (Å²) >= 11 is 3.24. The van der Waals surface area contributed by atoms with Crippen LogP contribution in [0.15, 0.2) is 57.9 Å². The molecule has 0 amide bonds. The lowest BCUT2D eigenvalue weighted by Crippen LogP contribution is -2.26. The van der Waals surface area contributed by atoms with Crippen LogP contribution in [-0.2, 0) is 10.0 Å². The molecule has 0 heterocycles. The molecule has 3 N–H and O–H groups in total. The average molecular weight is 355 g/mol. The Balaban J connectivity index is 2.25. The first-order valence-corrected chi connectivity index (χ1v) is 8.30. The van der Waals surface area contributed by atoms with Crippen molar-refractivity contribution in [2.45, 2.75) is 17.9 Å². The number of sulfonamides is 1. The molecule has 0 aliphatic carbocycles. The van der Waals surface area contributed by atoms with Crippen LogP contribution in [0.25, 0.3) is 0 Å². The van der Waals surface area contributed by atoms with Crippen LogP contribution in [0.4, 0.5) is 5.69 Å². The number of hydrogen-bond donors (Lipinski definition) is 2. The fraction of sp³-hybridized carbons (Fsp3) is 0.143. The first kappa shape index (κ1) is 15.0. The largest absolute Gasteiger partial charge is 0.398 e. The van der Waals surface area contributed by atoms with Crippen LogP contribution in [0.5, 0.6) is 0 Å². The van der Waals surface area contributed by atoms with Gasteiger partial charge in [-0.15, -0.1) is 0 Å². The van der Waals surface area contributed by atoms with Crippen molar-refractivity contribution in [2.75, 3.05) is 5.73 Å². The van der Waals surface area contributed by atoms with E-state index in [1.54, 1.807) is 13.0 Å². The Labute approximate surface area is 127 Å². The van der Waals surface area contributed by atoms with Crippen LogP contribution < -0.4 is 10.5 Å². The molecule has 1 atom stereocenters. The van der Waals surface area contributed by atoms with E-state index in [4.69, 9.17) is 5.73 Å². The lowest BCUT2D eigenvalue weighted by Gasteiger charge is -2.15. The molecule has 0 aliphatic heterocycles. The van der Waals surface area contributed by atoms with Gasteiger partial charge in [0.2, 0.25) is 10.0 Å². The second-order valence-corrected chi connectivity index (χ2v) is 7.01. The monoisotopic (exact) mass is 354 g/mol. The van der Waals surface area contributed by atoms with Crippen molar-refractivity contribution in [3.63, 3.8) is 0 Å². The van der Waals surface area contributed by atoms with Gasteiger partial charge >= 0.3 is 0 Å². The highest BCUT2D eigenvalue weighted by Crippen LogP contribution is 2.24. The van der Waals surface area contributed by atoms with Gasteiger partial charge in [-0.3, -0.25) is 0 Å². The molecule has 2 aromatic rings. The highest BCUT2D eigenvalue weighted by molar-refractivity contribution is 9.10. The van der Waals surface area contributed by atoms with Crippen molar-refractivity contribution in [2.24, 2.45) is 0 Å². The van der Waals surface area contributed by atoms with Gasteiger partial charge in [-0.05, 0) is 46.6 Å². The summed E-state index contributed by atoms with van der Waals surface area (Å²) in [4.78, 5) is 0.154. The molecule has 0 saturated carbocycles. The van der Waals surface area contributed by atoms with E-state index in [1.165, 1.54) is 12.1 Å². The molecular formula is C14H15BrN2O2S. The zero-order chi connectivity index (χ0) is 14.8. The second-order valence-electron chi connectivity index (χ2n) is 4.44. The lowest BCUT2D eigenvalue weighted by molar-refractivity contribution is 0.567. The van der Waals surface area contributed by atoms with Crippen molar-refractivity contribution in [3.05, 3.63) is 58.6 Å². The summed E-state index contributed by atoms with van der Waals surface area (Å²) in [6.45, 7) is 1.80. The van der Waals surface area contributed by atoms with Crippen LogP contribution in [0, 0.1) is 0 Å². The summed E-state index contributed by atoms with van der Waals surface area (Å²) < 4.78 is 27.9. The van der Waals surface area contributed by atoms with E-state index < -0.39 is 10.0 Å². The quantitative estimate of drug-likeness (QED) is 0.828. The van der Waals surface area contributed by atoms with Gasteiger partial charge in [0.1, 0.15) is 0 Å². The van der Waals surface area contributed by atoms with Gasteiger partial charge in [0.25, 0.3) is 0 Å². The number of nitrogen functional groups attached to an aromatic ring is 1. The van der Waals surface area contributed by atoms with Gasteiger partial charge in [-0.2, -0.15) is 0 Å². The van der Waals surface area contributed by atoms with Gasteiger partial charge in [0.15, 0.2) is 0 Å². The molecular weight excluding hydrogens is 340 g/mol. The Bertz CT molecular complexity index is 702. The number of anilines is 1. The highest BCUT2D eigenvalue weighted by Gasteiger charge is 2.18. The summed E-state index contributed by atoms with van der Waals surface area (Å²) in [6, 6.07) is 13.6. The molecule has 0 unspecified atom stereocenters. The van der Waals surface area contributed by atoms with E-state index in [0.717, 1.165) is 5.56 Å². The normalized spacial score (nSPS) is 13.1. The minimum Gasteiger partial charge on any atom is -0.398 e. The van der Waals surface area contributed by atoms with Crippen molar-refractivity contribution in [1.82, 2.24) is 4.72 Å². The molecule has 106 valence electrons. The zero-order valence-electron chi connectivity index (χ0n) is 10.9. The fourth-order valence-electron chi connectivity index (χ4n) is 1.80. The van der Waals surface area contributed by atoms with Gasteiger partial charge in [0.05, 0.1) is 4.90 Å². The number of rotatable bonds is 4. The van der Waals surface area contributed by atoms with Gasteiger partial charge < -0.3 is 5.73 Å². The van der Waals surface area contributed by atoms with E-state index in [2.05, 4.69) is 20.7 Å². The molecule has 4 nitrogen and oxygen atoms in total. The van der Waals surface area contributed by atoms with E-state index in [-0.39, 0.29) is 10.9 Å². The Hall–Kier alpha value is -1.37. The molecule has 20 heavy (non-hydrogen) atoms. The molecule has 0 radical (unpaired) electrons. The third-order valence-electron chi connectivity index (χ3n) is 2.91. The number of nitrogens with one attached hydrogen (secondary N) is 1. The van der Waals surface area contributed by atoms with E-state index in [9.17, 15) is 8.42 Å². The SMILES string of the molecule is C[C@@H](NS(=O)(=O)c1ccc(Br)c(N)c1)c1ccccc1. The molecule has 0 bridgehead atoms. The number of hydrogen-bond acceptors (Lipinski definition) is 3.